The van der Waals surface area contributed by atoms with Gasteiger partial charge in [-0.2, -0.15) is 0 Å². The van der Waals surface area contributed by atoms with Crippen molar-refractivity contribution in [2.24, 2.45) is 0 Å². The van der Waals surface area contributed by atoms with Gasteiger partial charge in [0.05, 0.1) is 22.7 Å². The van der Waals surface area contributed by atoms with E-state index in [2.05, 4.69) is 10.2 Å². The van der Waals surface area contributed by atoms with E-state index in [9.17, 15) is 5.11 Å². The van der Waals surface area contributed by atoms with Crippen LogP contribution < -0.4 is 10.2 Å². The zero-order valence-corrected chi connectivity index (χ0v) is 11.7. The van der Waals surface area contributed by atoms with E-state index in [1.807, 2.05) is 18.2 Å². The third kappa shape index (κ3) is 3.44. The summed E-state index contributed by atoms with van der Waals surface area (Å²) in [6.07, 6.45) is 1.93. The van der Waals surface area contributed by atoms with Crippen molar-refractivity contribution in [3.05, 3.63) is 23.2 Å². The quantitative estimate of drug-likeness (QED) is 0.818. The molecule has 0 aromatic heterocycles. The number of nitrogens with zero attached hydrogens (tertiary/aromatic N) is 1. The minimum Gasteiger partial charge on any atom is -0.390 e. The third-order valence-electron chi connectivity index (χ3n) is 3.11. The Kier molecular flexibility index (Phi) is 4.98. The predicted octanol–water partition coefficient (Wildman–Crippen LogP) is 2.95. The van der Waals surface area contributed by atoms with Gasteiger partial charge < -0.3 is 15.3 Å². The summed E-state index contributed by atoms with van der Waals surface area (Å²) in [6, 6.07) is 5.92. The Morgan fingerprint density at radius 2 is 2.06 bits per heavy atom. The molecule has 18 heavy (non-hydrogen) atoms. The van der Waals surface area contributed by atoms with E-state index in [1.165, 1.54) is 12.8 Å². The molecular weight excluding hydrogens is 271 g/mol. The van der Waals surface area contributed by atoms with Crippen LogP contribution in [0.5, 0.6) is 0 Å². The fourth-order valence-electron chi connectivity index (χ4n) is 2.12. The van der Waals surface area contributed by atoms with E-state index in [-0.39, 0.29) is 5.88 Å². The standard InChI is InChI=1S/C13H18Cl2N2O/c14-8-11(18)9-16-10-3-4-13(12(15)7-10)17-5-1-2-6-17/h3-4,7,11,16,18H,1-2,5-6,8-9H2. The Balaban J connectivity index is 2.00. The molecule has 2 N–H and O–H groups in total. The average molecular weight is 289 g/mol. The first-order chi connectivity index (χ1) is 8.70. The van der Waals surface area contributed by atoms with Gasteiger partial charge in [0, 0.05) is 25.3 Å². The number of alkyl halides is 1. The molecule has 1 fully saturated rings. The fraction of sp³-hybridized carbons (Fsp3) is 0.538. The first-order valence-electron chi connectivity index (χ1n) is 6.23. The van der Waals surface area contributed by atoms with Crippen LogP contribution in [0, 0.1) is 0 Å². The monoisotopic (exact) mass is 288 g/mol. The lowest BCUT2D eigenvalue weighted by Gasteiger charge is -2.20. The number of hydrogen-bond donors (Lipinski definition) is 2. The smallest absolute Gasteiger partial charge is 0.0847 e. The van der Waals surface area contributed by atoms with E-state index < -0.39 is 6.10 Å². The summed E-state index contributed by atoms with van der Waals surface area (Å²) in [5.41, 5.74) is 2.00. The molecule has 1 aromatic carbocycles. The number of aliphatic hydroxyl groups is 1. The molecule has 0 radical (unpaired) electrons. The minimum atomic E-state index is -0.538. The number of anilines is 2. The zero-order chi connectivity index (χ0) is 13.0. The van der Waals surface area contributed by atoms with E-state index in [1.54, 1.807) is 0 Å². The number of nitrogens with one attached hydrogen (secondary N) is 1. The van der Waals surface area contributed by atoms with Crippen LogP contribution in [0.1, 0.15) is 12.8 Å². The van der Waals surface area contributed by atoms with Crippen molar-refractivity contribution in [2.75, 3.05) is 35.7 Å². The van der Waals surface area contributed by atoms with Crippen LogP contribution in [0.25, 0.3) is 0 Å². The first-order valence-corrected chi connectivity index (χ1v) is 7.14. The van der Waals surface area contributed by atoms with Crippen LogP contribution in [0.3, 0.4) is 0 Å². The average Bonchev–Trinajstić information content (AvgIpc) is 2.89. The van der Waals surface area contributed by atoms with Gasteiger partial charge in [0.25, 0.3) is 0 Å². The third-order valence-corrected chi connectivity index (χ3v) is 3.77. The molecule has 100 valence electrons. The van der Waals surface area contributed by atoms with Crippen molar-refractivity contribution in [1.82, 2.24) is 0 Å². The Bertz CT molecular complexity index is 395. The summed E-state index contributed by atoms with van der Waals surface area (Å²) in [5, 5.41) is 13.2. The predicted molar refractivity (Wildman–Crippen MR) is 78.1 cm³/mol. The van der Waals surface area contributed by atoms with Gasteiger partial charge >= 0.3 is 0 Å². The summed E-state index contributed by atoms with van der Waals surface area (Å²) in [7, 11) is 0. The van der Waals surface area contributed by atoms with Crippen molar-refractivity contribution in [1.29, 1.82) is 0 Å². The van der Waals surface area contributed by atoms with Gasteiger partial charge in [-0.25, -0.2) is 0 Å². The molecular formula is C13H18Cl2N2O. The van der Waals surface area contributed by atoms with E-state index in [0.717, 1.165) is 29.5 Å². The lowest BCUT2D eigenvalue weighted by atomic mass is 10.2. The molecule has 1 aromatic rings. The maximum atomic E-state index is 9.38. The highest BCUT2D eigenvalue weighted by Gasteiger charge is 2.15. The number of benzene rings is 1. The largest absolute Gasteiger partial charge is 0.390 e. The van der Waals surface area contributed by atoms with Crippen molar-refractivity contribution < 1.29 is 5.11 Å². The molecule has 0 saturated carbocycles. The zero-order valence-electron chi connectivity index (χ0n) is 10.2. The molecule has 2 rings (SSSR count). The highest BCUT2D eigenvalue weighted by atomic mass is 35.5. The van der Waals surface area contributed by atoms with E-state index >= 15 is 0 Å². The fourth-order valence-corrected chi connectivity index (χ4v) is 2.53. The summed E-state index contributed by atoms with van der Waals surface area (Å²) < 4.78 is 0. The normalized spacial score (nSPS) is 16.9. The van der Waals surface area contributed by atoms with Gasteiger partial charge in [0.2, 0.25) is 0 Å². The molecule has 1 aliphatic rings. The van der Waals surface area contributed by atoms with Crippen molar-refractivity contribution in [3.63, 3.8) is 0 Å². The molecule has 1 atom stereocenters. The van der Waals surface area contributed by atoms with Crippen LogP contribution in [-0.4, -0.2) is 36.7 Å². The van der Waals surface area contributed by atoms with E-state index in [0.29, 0.717) is 6.54 Å². The first kappa shape index (κ1) is 13.8. The molecule has 0 aliphatic carbocycles. The van der Waals surface area contributed by atoms with Gasteiger partial charge in [-0.3, -0.25) is 0 Å². The van der Waals surface area contributed by atoms with Crippen LogP contribution in [-0.2, 0) is 0 Å². The second-order valence-electron chi connectivity index (χ2n) is 4.55. The van der Waals surface area contributed by atoms with Crippen molar-refractivity contribution in [3.8, 4) is 0 Å². The summed E-state index contributed by atoms with van der Waals surface area (Å²) in [4.78, 5) is 2.31. The van der Waals surface area contributed by atoms with Gasteiger partial charge in [-0.05, 0) is 31.0 Å². The SMILES string of the molecule is OC(CCl)CNc1ccc(N2CCCC2)c(Cl)c1. The van der Waals surface area contributed by atoms with Gasteiger partial charge in [-0.15, -0.1) is 11.6 Å². The van der Waals surface area contributed by atoms with Crippen LogP contribution in [0.2, 0.25) is 5.02 Å². The Morgan fingerprint density at radius 1 is 1.33 bits per heavy atom. The van der Waals surface area contributed by atoms with Crippen molar-refractivity contribution >= 4 is 34.6 Å². The lowest BCUT2D eigenvalue weighted by Crippen LogP contribution is -2.21. The van der Waals surface area contributed by atoms with Crippen LogP contribution >= 0.6 is 23.2 Å². The molecule has 0 amide bonds. The summed E-state index contributed by atoms with van der Waals surface area (Å²) >= 11 is 11.8. The second kappa shape index (κ2) is 6.50. The maximum Gasteiger partial charge on any atom is 0.0847 e. The molecule has 0 bridgehead atoms. The van der Waals surface area contributed by atoms with Crippen LogP contribution in [0.4, 0.5) is 11.4 Å². The Morgan fingerprint density at radius 3 is 2.67 bits per heavy atom. The summed E-state index contributed by atoms with van der Waals surface area (Å²) in [6.45, 7) is 2.60. The Labute approximate surface area is 118 Å². The van der Waals surface area contributed by atoms with E-state index in [4.69, 9.17) is 23.2 Å². The van der Waals surface area contributed by atoms with Gasteiger partial charge in [-0.1, -0.05) is 11.6 Å². The molecule has 1 heterocycles. The molecule has 1 saturated heterocycles. The summed E-state index contributed by atoms with van der Waals surface area (Å²) in [5.74, 6) is 0.229. The van der Waals surface area contributed by atoms with Gasteiger partial charge in [0.15, 0.2) is 0 Å². The van der Waals surface area contributed by atoms with Gasteiger partial charge in [0.1, 0.15) is 0 Å². The molecule has 1 aliphatic heterocycles. The lowest BCUT2D eigenvalue weighted by molar-refractivity contribution is 0.211. The number of hydrogen-bond acceptors (Lipinski definition) is 3. The highest BCUT2D eigenvalue weighted by Crippen LogP contribution is 2.31. The second-order valence-corrected chi connectivity index (χ2v) is 5.27. The molecule has 3 nitrogen and oxygen atoms in total. The Hall–Kier alpha value is -0.640. The number of aliphatic hydroxyl groups excluding tert-OH is 1. The number of halogens is 2. The topological polar surface area (TPSA) is 35.5 Å². The molecule has 1 unspecified atom stereocenters. The highest BCUT2D eigenvalue weighted by molar-refractivity contribution is 6.33. The van der Waals surface area contributed by atoms with Crippen molar-refractivity contribution in [2.45, 2.75) is 18.9 Å². The molecule has 5 heteroatoms. The maximum absolute atomic E-state index is 9.38. The minimum absolute atomic E-state index is 0.229. The molecule has 0 spiro atoms. The van der Waals surface area contributed by atoms with Crippen LogP contribution in [0.15, 0.2) is 18.2 Å². The number of rotatable bonds is 5.